The molecule has 0 aliphatic carbocycles. The largest absolute Gasteiger partial charge is 0.308 e. The topological polar surface area (TPSA) is 57.7 Å². The zero-order valence-electron chi connectivity index (χ0n) is 17.8. The van der Waals surface area contributed by atoms with Gasteiger partial charge in [-0.2, -0.15) is 4.31 Å². The van der Waals surface area contributed by atoms with Crippen LogP contribution in [0.2, 0.25) is 0 Å². The van der Waals surface area contributed by atoms with Crippen molar-refractivity contribution in [1.29, 1.82) is 0 Å². The summed E-state index contributed by atoms with van der Waals surface area (Å²) < 4.78 is 29.1. The van der Waals surface area contributed by atoms with Crippen molar-refractivity contribution in [3.8, 4) is 0 Å². The molecule has 3 aromatic carbocycles. The Kier molecular flexibility index (Phi) is 6.79. The zero-order valence-corrected chi connectivity index (χ0v) is 20.2. The summed E-state index contributed by atoms with van der Waals surface area (Å²) in [6.07, 6.45) is 1.29. The molecule has 1 heterocycles. The second kappa shape index (κ2) is 9.57. The van der Waals surface area contributed by atoms with Gasteiger partial charge in [0.15, 0.2) is 0 Å². The number of carbonyl (C=O) groups excluding carboxylic acids is 1. The van der Waals surface area contributed by atoms with Crippen LogP contribution in [0.5, 0.6) is 0 Å². The number of anilines is 1. The van der Waals surface area contributed by atoms with Crippen LogP contribution in [0.15, 0.2) is 88.2 Å². The van der Waals surface area contributed by atoms with Crippen molar-refractivity contribution in [3.63, 3.8) is 0 Å². The summed E-state index contributed by atoms with van der Waals surface area (Å²) in [4.78, 5) is 15.3. The first-order valence-corrected chi connectivity index (χ1v) is 12.8. The van der Waals surface area contributed by atoms with Gasteiger partial charge in [0.1, 0.15) is 0 Å². The molecule has 3 aromatic rings. The Morgan fingerprint density at radius 3 is 2.38 bits per heavy atom. The standard InChI is InChI=1S/C25H25BrN2O3S/c1-19-17-21-9-5-6-10-24(21)28(19)25(29)18-27(16-15-20-7-3-2-4-8-20)32(30,31)23-13-11-22(26)12-14-23/h2-14,19H,15-18H2,1H3. The van der Waals surface area contributed by atoms with Gasteiger partial charge in [-0.3, -0.25) is 4.79 Å². The second-order valence-corrected chi connectivity index (χ2v) is 10.8. The number of para-hydroxylation sites is 1. The minimum absolute atomic E-state index is 0.00809. The molecule has 1 atom stereocenters. The van der Waals surface area contributed by atoms with Crippen molar-refractivity contribution < 1.29 is 13.2 Å². The minimum atomic E-state index is -3.84. The molecule has 1 amide bonds. The monoisotopic (exact) mass is 512 g/mol. The predicted octanol–water partition coefficient (Wildman–Crippen LogP) is 4.66. The Labute approximate surface area is 197 Å². The average Bonchev–Trinajstić information content (AvgIpc) is 3.13. The van der Waals surface area contributed by atoms with Crippen LogP contribution in [0.3, 0.4) is 0 Å². The van der Waals surface area contributed by atoms with Crippen LogP contribution >= 0.6 is 15.9 Å². The maximum atomic E-state index is 13.5. The number of halogens is 1. The first-order valence-electron chi connectivity index (χ1n) is 10.6. The molecule has 4 rings (SSSR count). The molecule has 166 valence electrons. The quantitative estimate of drug-likeness (QED) is 0.462. The highest BCUT2D eigenvalue weighted by molar-refractivity contribution is 9.10. The fourth-order valence-electron chi connectivity index (χ4n) is 4.11. The van der Waals surface area contributed by atoms with Crippen LogP contribution in [-0.2, 0) is 27.7 Å². The average molecular weight is 513 g/mol. The number of fused-ring (bicyclic) bond motifs is 1. The maximum Gasteiger partial charge on any atom is 0.243 e. The van der Waals surface area contributed by atoms with Gasteiger partial charge in [0, 0.05) is 22.7 Å². The van der Waals surface area contributed by atoms with Crippen molar-refractivity contribution in [2.24, 2.45) is 0 Å². The van der Waals surface area contributed by atoms with E-state index in [1.165, 1.54) is 4.31 Å². The molecular formula is C25H25BrN2O3S. The summed E-state index contributed by atoms with van der Waals surface area (Å²) in [5.41, 5.74) is 3.00. The maximum absolute atomic E-state index is 13.5. The van der Waals surface area contributed by atoms with Crippen LogP contribution in [-0.4, -0.2) is 37.8 Å². The highest BCUT2D eigenvalue weighted by atomic mass is 79.9. The molecule has 32 heavy (non-hydrogen) atoms. The molecule has 0 radical (unpaired) electrons. The Bertz CT molecular complexity index is 1200. The highest BCUT2D eigenvalue weighted by Crippen LogP contribution is 2.32. The first kappa shape index (κ1) is 22.7. The van der Waals surface area contributed by atoms with Gasteiger partial charge in [-0.25, -0.2) is 8.42 Å². The van der Waals surface area contributed by atoms with Crippen LogP contribution < -0.4 is 4.90 Å². The first-order chi connectivity index (χ1) is 15.4. The summed E-state index contributed by atoms with van der Waals surface area (Å²) in [5, 5.41) is 0. The van der Waals surface area contributed by atoms with E-state index < -0.39 is 10.0 Å². The summed E-state index contributed by atoms with van der Waals surface area (Å²) in [6.45, 7) is 2.01. The third-order valence-corrected chi connectivity index (χ3v) is 8.12. The molecule has 0 aromatic heterocycles. The lowest BCUT2D eigenvalue weighted by Crippen LogP contribution is -2.45. The van der Waals surface area contributed by atoms with E-state index in [4.69, 9.17) is 0 Å². The Morgan fingerprint density at radius 2 is 1.66 bits per heavy atom. The Morgan fingerprint density at radius 1 is 1.00 bits per heavy atom. The van der Waals surface area contributed by atoms with Crippen molar-refractivity contribution in [3.05, 3.63) is 94.5 Å². The third kappa shape index (κ3) is 4.80. The van der Waals surface area contributed by atoms with E-state index in [9.17, 15) is 13.2 Å². The normalized spacial score (nSPS) is 15.7. The highest BCUT2D eigenvalue weighted by Gasteiger charge is 2.34. The molecule has 1 aliphatic heterocycles. The number of rotatable bonds is 7. The predicted molar refractivity (Wildman–Crippen MR) is 130 cm³/mol. The molecule has 1 aliphatic rings. The Balaban J connectivity index is 1.61. The second-order valence-electron chi connectivity index (χ2n) is 7.97. The number of sulfonamides is 1. The van der Waals surface area contributed by atoms with Crippen LogP contribution in [0.4, 0.5) is 5.69 Å². The van der Waals surface area contributed by atoms with Gasteiger partial charge in [0.25, 0.3) is 0 Å². The molecule has 1 unspecified atom stereocenters. The van der Waals surface area contributed by atoms with Gasteiger partial charge in [0.05, 0.1) is 11.4 Å². The molecule has 5 nitrogen and oxygen atoms in total. The minimum Gasteiger partial charge on any atom is -0.308 e. The van der Waals surface area contributed by atoms with Gasteiger partial charge >= 0.3 is 0 Å². The van der Waals surface area contributed by atoms with E-state index in [1.807, 2.05) is 61.5 Å². The van der Waals surface area contributed by atoms with E-state index in [0.29, 0.717) is 6.42 Å². The van der Waals surface area contributed by atoms with Crippen molar-refractivity contribution in [2.75, 3.05) is 18.0 Å². The van der Waals surface area contributed by atoms with Crippen molar-refractivity contribution in [2.45, 2.75) is 30.7 Å². The smallest absolute Gasteiger partial charge is 0.243 e. The van der Waals surface area contributed by atoms with E-state index in [0.717, 1.165) is 27.7 Å². The lowest BCUT2D eigenvalue weighted by atomic mass is 10.1. The van der Waals surface area contributed by atoms with E-state index in [2.05, 4.69) is 15.9 Å². The van der Waals surface area contributed by atoms with Crippen LogP contribution in [0, 0.1) is 0 Å². The lowest BCUT2D eigenvalue weighted by molar-refractivity contribution is -0.119. The van der Waals surface area contributed by atoms with Crippen LogP contribution in [0.1, 0.15) is 18.1 Å². The molecule has 7 heteroatoms. The SMILES string of the molecule is CC1Cc2ccccc2N1C(=O)CN(CCc1ccccc1)S(=O)(=O)c1ccc(Br)cc1. The summed E-state index contributed by atoms with van der Waals surface area (Å²) in [5.74, 6) is -0.212. The molecule has 0 spiro atoms. The number of hydrogen-bond donors (Lipinski definition) is 0. The van der Waals surface area contributed by atoms with E-state index in [1.54, 1.807) is 29.2 Å². The number of benzene rings is 3. The van der Waals surface area contributed by atoms with Gasteiger partial charge in [-0.15, -0.1) is 0 Å². The van der Waals surface area contributed by atoms with Gasteiger partial charge in [0.2, 0.25) is 15.9 Å². The summed E-state index contributed by atoms with van der Waals surface area (Å²) in [6, 6.07) is 24.0. The number of carbonyl (C=O) groups is 1. The Hall–Kier alpha value is -2.48. The summed E-state index contributed by atoms with van der Waals surface area (Å²) >= 11 is 3.35. The van der Waals surface area contributed by atoms with Gasteiger partial charge < -0.3 is 4.90 Å². The third-order valence-electron chi connectivity index (χ3n) is 5.73. The summed E-state index contributed by atoms with van der Waals surface area (Å²) in [7, 11) is -3.84. The molecule has 0 saturated carbocycles. The number of nitrogens with zero attached hydrogens (tertiary/aromatic N) is 2. The number of hydrogen-bond acceptors (Lipinski definition) is 3. The molecule has 0 saturated heterocycles. The van der Waals surface area contributed by atoms with E-state index in [-0.39, 0.29) is 29.9 Å². The fraction of sp³-hybridized carbons (Fsp3) is 0.240. The fourth-order valence-corrected chi connectivity index (χ4v) is 5.77. The van der Waals surface area contributed by atoms with Crippen LogP contribution in [0.25, 0.3) is 0 Å². The molecule has 0 fully saturated rings. The van der Waals surface area contributed by atoms with Gasteiger partial charge in [-0.05, 0) is 61.2 Å². The van der Waals surface area contributed by atoms with Crippen molar-refractivity contribution >= 4 is 37.5 Å². The molecule has 0 N–H and O–H groups in total. The lowest BCUT2D eigenvalue weighted by Gasteiger charge is -2.27. The van der Waals surface area contributed by atoms with Crippen molar-refractivity contribution in [1.82, 2.24) is 4.31 Å². The van der Waals surface area contributed by atoms with E-state index >= 15 is 0 Å². The molecule has 0 bridgehead atoms. The zero-order chi connectivity index (χ0) is 22.7. The molecular weight excluding hydrogens is 488 g/mol. The van der Waals surface area contributed by atoms with Gasteiger partial charge in [-0.1, -0.05) is 64.5 Å². The number of amides is 1.